The second-order valence-electron chi connectivity index (χ2n) is 3.73. The summed E-state index contributed by atoms with van der Waals surface area (Å²) in [6, 6.07) is -0.892. The Balaban J connectivity index is 0. The largest absolute Gasteiger partial charge is 0.344 e. The fourth-order valence-electron chi connectivity index (χ4n) is 0.837. The zero-order chi connectivity index (χ0) is 15.7. The van der Waals surface area contributed by atoms with Crippen LogP contribution in [0, 0.1) is 0 Å². The van der Waals surface area contributed by atoms with Crippen LogP contribution in [0.4, 0.5) is 0 Å². The van der Waals surface area contributed by atoms with Gasteiger partial charge < -0.3 is 15.7 Å². The average Bonchev–Trinajstić information content (AvgIpc) is 2.12. The van der Waals surface area contributed by atoms with Gasteiger partial charge in [0, 0.05) is 0 Å². The molecule has 0 saturated heterocycles. The molecule has 9 nitrogen and oxygen atoms in total. The molecule has 0 aromatic rings. The van der Waals surface area contributed by atoms with E-state index >= 15 is 0 Å². The van der Waals surface area contributed by atoms with Gasteiger partial charge in [0.05, 0.1) is 12.5 Å². The van der Waals surface area contributed by atoms with Crippen LogP contribution in [0.15, 0.2) is 0 Å². The van der Waals surface area contributed by atoms with Crippen molar-refractivity contribution in [2.24, 2.45) is 11.5 Å². The van der Waals surface area contributed by atoms with Crippen molar-refractivity contribution in [3.63, 3.8) is 0 Å². The topological polar surface area (TPSA) is 167 Å². The van der Waals surface area contributed by atoms with Crippen LogP contribution >= 0.6 is 0 Å². The first-order valence-corrected chi connectivity index (χ1v) is 8.84. The summed E-state index contributed by atoms with van der Waals surface area (Å²) in [5, 5.41) is 0. The fourth-order valence-corrected chi connectivity index (χ4v) is 1.26. The minimum Gasteiger partial charge on any atom is -0.344 e. The molecule has 0 saturated carbocycles. The third-order valence-electron chi connectivity index (χ3n) is 1.51. The number of hydrogen-bond donors (Lipinski definition) is 3. The van der Waals surface area contributed by atoms with E-state index in [1.54, 1.807) is 0 Å². The number of rotatable bonds is 6. The van der Waals surface area contributed by atoms with Crippen molar-refractivity contribution in [1.82, 2.24) is 0 Å². The van der Waals surface area contributed by atoms with Crippen molar-refractivity contribution >= 4 is 26.2 Å². The molecule has 0 aromatic carbocycles. The van der Waals surface area contributed by atoms with Crippen LogP contribution in [0.5, 0.6) is 0 Å². The van der Waals surface area contributed by atoms with Crippen molar-refractivity contribution < 1.29 is 30.4 Å². The van der Waals surface area contributed by atoms with Gasteiger partial charge in [0.2, 0.25) is 0 Å². The molecule has 19 heavy (non-hydrogen) atoms. The van der Waals surface area contributed by atoms with E-state index in [4.69, 9.17) is 16.0 Å². The van der Waals surface area contributed by atoms with E-state index in [1.165, 1.54) is 0 Å². The minimum absolute atomic E-state index is 0.381. The Morgan fingerprint density at radius 1 is 1.21 bits per heavy atom. The Labute approximate surface area is 113 Å². The Hall–Kier alpha value is -0.750. The Kier molecular flexibility index (Phi) is 9.96. The lowest BCUT2D eigenvalue weighted by molar-refractivity contribution is -0.135. The van der Waals surface area contributed by atoms with E-state index in [1.807, 2.05) is 0 Å². The third-order valence-corrected chi connectivity index (χ3v) is 1.97. The van der Waals surface area contributed by atoms with Gasteiger partial charge in [-0.15, -0.1) is 0 Å². The van der Waals surface area contributed by atoms with E-state index < -0.39 is 32.2 Å². The molecule has 0 bridgehead atoms. The highest BCUT2D eigenvalue weighted by Gasteiger charge is 2.18. The first-order chi connectivity index (χ1) is 8.37. The number of unbranched alkanes of at least 4 members (excludes halogenated alkanes) is 1. The fraction of sp³-hybridized carbons (Fsp3) is 0.875. The van der Waals surface area contributed by atoms with Gasteiger partial charge in [-0.2, -0.15) is 16.8 Å². The molecule has 5 N–H and O–H groups in total. The molecule has 11 heteroatoms. The summed E-state index contributed by atoms with van der Waals surface area (Å²) < 4.78 is 51.1. The second-order valence-corrected chi connectivity index (χ2v) is 6.77. The highest BCUT2D eigenvalue weighted by atomic mass is 32.2. The maximum absolute atomic E-state index is 11.0. The molecule has 1 atom stereocenters. The van der Waals surface area contributed by atoms with Crippen molar-refractivity contribution in [3.05, 3.63) is 0 Å². The molecule has 0 aliphatic carbocycles. The monoisotopic (exact) mass is 320 g/mol. The first-order valence-electron chi connectivity index (χ1n) is 5.18. The van der Waals surface area contributed by atoms with Gasteiger partial charge in [0.1, 0.15) is 6.04 Å². The number of hydrogen-bond acceptors (Lipinski definition) is 8. The van der Waals surface area contributed by atoms with Gasteiger partial charge in [-0.25, -0.2) is 4.79 Å². The second kappa shape index (κ2) is 9.20. The van der Waals surface area contributed by atoms with Gasteiger partial charge in [-0.3, -0.25) is 4.55 Å². The van der Waals surface area contributed by atoms with Crippen LogP contribution in [-0.4, -0.2) is 52.5 Å². The Morgan fingerprint density at radius 2 is 1.63 bits per heavy atom. The molecule has 0 fully saturated rings. The van der Waals surface area contributed by atoms with Crippen LogP contribution in [0.2, 0.25) is 0 Å². The molecule has 0 heterocycles. The lowest BCUT2D eigenvalue weighted by Gasteiger charge is -2.08. The molecule has 0 radical (unpaired) electrons. The molecule has 116 valence electrons. The summed E-state index contributed by atoms with van der Waals surface area (Å²) in [6.07, 6.45) is 3.33. The number of carbonyl (C=O) groups is 1. The molecule has 0 aliphatic heterocycles. The van der Waals surface area contributed by atoms with Crippen molar-refractivity contribution in [2.45, 2.75) is 25.3 Å². The lowest BCUT2D eigenvalue weighted by Crippen LogP contribution is -2.33. The zero-order valence-electron chi connectivity index (χ0n) is 10.8. The van der Waals surface area contributed by atoms with Crippen LogP contribution in [0.25, 0.3) is 0 Å². The van der Waals surface area contributed by atoms with Crippen LogP contribution in [0.1, 0.15) is 19.3 Å². The van der Waals surface area contributed by atoms with Crippen LogP contribution < -0.4 is 11.5 Å². The van der Waals surface area contributed by atoms with Crippen molar-refractivity contribution in [3.8, 4) is 0 Å². The smallest absolute Gasteiger partial charge is 0.338 e. The highest BCUT2D eigenvalue weighted by molar-refractivity contribution is 7.86. The van der Waals surface area contributed by atoms with Crippen LogP contribution in [0.3, 0.4) is 0 Å². The zero-order valence-corrected chi connectivity index (χ0v) is 12.4. The van der Waals surface area contributed by atoms with Gasteiger partial charge >= 0.3 is 16.1 Å². The summed E-state index contributed by atoms with van der Waals surface area (Å²) in [6.45, 7) is 0.522. The standard InChI is InChI=1S/C7H16N2O4S.CH4O3S/c1-14(11,12)13-7(10)6(9)4-2-3-5-8;1-5(2,3)4/h6H,2-5,8-9H2,1H3;1H3,(H,2,3,4)/t6-;/m0./s1. The van der Waals surface area contributed by atoms with Gasteiger partial charge in [0.25, 0.3) is 10.1 Å². The molecular weight excluding hydrogens is 300 g/mol. The maximum atomic E-state index is 11.0. The summed E-state index contributed by atoms with van der Waals surface area (Å²) in [4.78, 5) is 11.0. The summed E-state index contributed by atoms with van der Waals surface area (Å²) >= 11 is 0. The predicted molar refractivity (Wildman–Crippen MR) is 69.3 cm³/mol. The first kappa shape index (κ1) is 20.6. The van der Waals surface area contributed by atoms with E-state index in [-0.39, 0.29) is 0 Å². The van der Waals surface area contributed by atoms with Gasteiger partial charge in [-0.05, 0) is 19.4 Å². The molecule has 0 aliphatic rings. The molecule has 0 spiro atoms. The Morgan fingerprint density at radius 3 is 1.95 bits per heavy atom. The van der Waals surface area contributed by atoms with E-state index in [2.05, 4.69) is 4.18 Å². The normalized spacial score (nSPS) is 13.1. The van der Waals surface area contributed by atoms with Gasteiger partial charge in [-0.1, -0.05) is 6.42 Å². The van der Waals surface area contributed by atoms with Crippen LogP contribution in [-0.2, 0) is 29.2 Å². The number of nitrogens with two attached hydrogens (primary N) is 2. The average molecular weight is 320 g/mol. The Bertz CT molecular complexity index is 449. The van der Waals surface area contributed by atoms with Crippen molar-refractivity contribution in [1.29, 1.82) is 0 Å². The predicted octanol–water partition coefficient (Wildman–Crippen LogP) is -1.55. The lowest BCUT2D eigenvalue weighted by atomic mass is 10.1. The van der Waals surface area contributed by atoms with E-state index in [9.17, 15) is 21.6 Å². The number of carbonyl (C=O) groups excluding carboxylic acids is 1. The molecule has 0 aromatic heterocycles. The highest BCUT2D eigenvalue weighted by Crippen LogP contribution is 2.01. The van der Waals surface area contributed by atoms with Crippen molar-refractivity contribution in [2.75, 3.05) is 19.1 Å². The maximum Gasteiger partial charge on any atom is 0.338 e. The van der Waals surface area contributed by atoms with E-state index in [0.29, 0.717) is 25.6 Å². The summed E-state index contributed by atoms with van der Waals surface area (Å²) in [5.41, 5.74) is 10.6. The summed E-state index contributed by atoms with van der Waals surface area (Å²) in [5.74, 6) is -0.912. The minimum atomic E-state index is -3.75. The quantitative estimate of drug-likeness (QED) is 0.298. The molecule has 0 rings (SSSR count). The molecule has 0 unspecified atom stereocenters. The summed E-state index contributed by atoms with van der Waals surface area (Å²) in [7, 11) is -7.42. The molecular formula is C8H20N2O7S2. The van der Waals surface area contributed by atoms with Gasteiger partial charge in [0.15, 0.2) is 0 Å². The molecule has 0 amide bonds. The van der Waals surface area contributed by atoms with E-state index in [0.717, 1.165) is 12.7 Å². The SMILES string of the molecule is CS(=O)(=O)O.CS(=O)(=O)OC(=O)[C@@H](N)CCCCN. The third kappa shape index (κ3) is 22.9.